The second kappa shape index (κ2) is 5.21. The molecule has 0 bridgehead atoms. The van der Waals surface area contributed by atoms with Crippen molar-refractivity contribution in [2.45, 2.75) is 18.2 Å². The summed E-state index contributed by atoms with van der Waals surface area (Å²) in [6, 6.07) is 6.92. The molecule has 2 N–H and O–H groups in total. The van der Waals surface area contributed by atoms with Gasteiger partial charge in [-0.15, -0.1) is 0 Å². The minimum absolute atomic E-state index is 0.0666. The zero-order valence-corrected chi connectivity index (χ0v) is 11.7. The van der Waals surface area contributed by atoms with E-state index < -0.39 is 9.84 Å². The third-order valence-electron chi connectivity index (χ3n) is 3.51. The van der Waals surface area contributed by atoms with Crippen LogP contribution in [0.15, 0.2) is 29.2 Å². The highest BCUT2D eigenvalue weighted by atomic mass is 32.2. The molecule has 0 aromatic heterocycles. The summed E-state index contributed by atoms with van der Waals surface area (Å²) in [6.07, 6.45) is 0.676. The van der Waals surface area contributed by atoms with Gasteiger partial charge in [-0.05, 0) is 18.6 Å². The molecule has 104 valence electrons. The van der Waals surface area contributed by atoms with E-state index in [1.807, 2.05) is 11.0 Å². The van der Waals surface area contributed by atoms with Crippen molar-refractivity contribution < 1.29 is 13.2 Å². The Balaban J connectivity index is 2.35. The molecule has 0 spiro atoms. The smallest absolute Gasteiger partial charge is 0.222 e. The number of carbonyl (C=O) groups is 1. The Bertz CT molecular complexity index is 583. The van der Waals surface area contributed by atoms with Crippen LogP contribution in [0.3, 0.4) is 0 Å². The first-order valence-corrected chi connectivity index (χ1v) is 7.97. The number of anilines is 1. The summed E-state index contributed by atoms with van der Waals surface area (Å²) in [5.74, 6) is -0.451. The van der Waals surface area contributed by atoms with Crippen LogP contribution in [0.5, 0.6) is 0 Å². The van der Waals surface area contributed by atoms with Crippen molar-refractivity contribution >= 4 is 21.4 Å². The van der Waals surface area contributed by atoms with Crippen molar-refractivity contribution in [1.82, 2.24) is 0 Å². The van der Waals surface area contributed by atoms with Gasteiger partial charge in [0.05, 0.1) is 22.3 Å². The number of carbonyl (C=O) groups excluding carboxylic acids is 1. The first-order valence-electron chi connectivity index (χ1n) is 6.31. The molecule has 2 rings (SSSR count). The standard InChI is InChI=1S/C13H18N2O3S/c1-2-19(17,18)12-6-4-3-5-11(12)15-8-7-10(9-15)13(14)16/h3-6,10H,2,7-9H2,1H3,(H2,14,16)/t10-/m1/s1. The fraction of sp³-hybridized carbons (Fsp3) is 0.462. The van der Waals surface area contributed by atoms with Crippen LogP contribution >= 0.6 is 0 Å². The van der Waals surface area contributed by atoms with E-state index in [0.29, 0.717) is 30.1 Å². The van der Waals surface area contributed by atoms with E-state index in [9.17, 15) is 13.2 Å². The molecule has 1 aromatic carbocycles. The third kappa shape index (κ3) is 2.73. The number of amides is 1. The second-order valence-electron chi connectivity index (χ2n) is 4.71. The third-order valence-corrected chi connectivity index (χ3v) is 5.29. The van der Waals surface area contributed by atoms with Gasteiger partial charge < -0.3 is 10.6 Å². The van der Waals surface area contributed by atoms with Crippen LogP contribution in [0.4, 0.5) is 5.69 Å². The molecule has 1 aliphatic heterocycles. The summed E-state index contributed by atoms with van der Waals surface area (Å²) in [6.45, 7) is 2.78. The maximum atomic E-state index is 12.1. The zero-order valence-electron chi connectivity index (χ0n) is 10.9. The molecule has 0 unspecified atom stereocenters. The number of para-hydroxylation sites is 1. The molecule has 19 heavy (non-hydrogen) atoms. The van der Waals surface area contributed by atoms with Crippen LogP contribution in [0, 0.1) is 5.92 Å². The highest BCUT2D eigenvalue weighted by Gasteiger charge is 2.29. The summed E-state index contributed by atoms with van der Waals surface area (Å²) in [5.41, 5.74) is 5.98. The first-order chi connectivity index (χ1) is 8.95. The van der Waals surface area contributed by atoms with Gasteiger partial charge in [-0.3, -0.25) is 4.79 Å². The molecular formula is C13H18N2O3S. The fourth-order valence-corrected chi connectivity index (χ4v) is 3.46. The topological polar surface area (TPSA) is 80.5 Å². The lowest BCUT2D eigenvalue weighted by Gasteiger charge is -2.21. The first kappa shape index (κ1) is 13.9. The van der Waals surface area contributed by atoms with Crippen LogP contribution in [0.25, 0.3) is 0 Å². The van der Waals surface area contributed by atoms with Gasteiger partial charge >= 0.3 is 0 Å². The molecule has 0 aliphatic carbocycles. The monoisotopic (exact) mass is 282 g/mol. The largest absolute Gasteiger partial charge is 0.370 e. The molecule has 0 saturated carbocycles. The molecule has 1 fully saturated rings. The number of sulfone groups is 1. The van der Waals surface area contributed by atoms with E-state index in [-0.39, 0.29) is 17.6 Å². The molecule has 5 nitrogen and oxygen atoms in total. The summed E-state index contributed by atoms with van der Waals surface area (Å²) >= 11 is 0. The Hall–Kier alpha value is -1.56. The van der Waals surface area contributed by atoms with Gasteiger partial charge in [-0.1, -0.05) is 19.1 Å². The van der Waals surface area contributed by atoms with E-state index in [0.717, 1.165) is 0 Å². The minimum Gasteiger partial charge on any atom is -0.370 e. The number of hydrogen-bond donors (Lipinski definition) is 1. The molecule has 0 radical (unpaired) electrons. The predicted molar refractivity (Wildman–Crippen MR) is 73.7 cm³/mol. The second-order valence-corrected chi connectivity index (χ2v) is 6.95. The van der Waals surface area contributed by atoms with Crippen molar-refractivity contribution in [3.05, 3.63) is 24.3 Å². The number of primary amides is 1. The van der Waals surface area contributed by atoms with Crippen LogP contribution < -0.4 is 10.6 Å². The minimum atomic E-state index is -3.26. The van der Waals surface area contributed by atoms with Crippen molar-refractivity contribution in [1.29, 1.82) is 0 Å². The fourth-order valence-electron chi connectivity index (χ4n) is 2.35. The number of benzene rings is 1. The van der Waals surface area contributed by atoms with Crippen LogP contribution in [0.1, 0.15) is 13.3 Å². The van der Waals surface area contributed by atoms with Crippen molar-refractivity contribution in [2.75, 3.05) is 23.7 Å². The Morgan fingerprint density at radius 3 is 2.68 bits per heavy atom. The molecule has 1 aromatic rings. The van der Waals surface area contributed by atoms with Crippen LogP contribution in [0.2, 0.25) is 0 Å². The SMILES string of the molecule is CCS(=O)(=O)c1ccccc1N1CC[C@@H](C(N)=O)C1. The highest BCUT2D eigenvalue weighted by Crippen LogP contribution is 2.30. The quantitative estimate of drug-likeness (QED) is 0.885. The maximum Gasteiger partial charge on any atom is 0.222 e. The molecular weight excluding hydrogens is 264 g/mol. The number of nitrogens with two attached hydrogens (primary N) is 1. The van der Waals surface area contributed by atoms with Gasteiger partial charge in [0.2, 0.25) is 5.91 Å². The lowest BCUT2D eigenvalue weighted by atomic mass is 10.1. The van der Waals surface area contributed by atoms with Crippen molar-refractivity contribution in [3.63, 3.8) is 0 Å². The van der Waals surface area contributed by atoms with E-state index in [4.69, 9.17) is 5.73 Å². The molecule has 1 aliphatic rings. The molecule has 6 heteroatoms. The lowest BCUT2D eigenvalue weighted by Crippen LogP contribution is -2.28. The van der Waals surface area contributed by atoms with Crippen molar-refractivity contribution in [2.24, 2.45) is 11.7 Å². The summed E-state index contributed by atoms with van der Waals surface area (Å²) in [5, 5.41) is 0. The Labute approximate surface area is 113 Å². The Morgan fingerprint density at radius 2 is 2.11 bits per heavy atom. The number of nitrogens with zero attached hydrogens (tertiary/aromatic N) is 1. The van der Waals surface area contributed by atoms with E-state index in [1.54, 1.807) is 25.1 Å². The van der Waals surface area contributed by atoms with Gasteiger partial charge in [0.25, 0.3) is 0 Å². The van der Waals surface area contributed by atoms with Gasteiger partial charge in [-0.2, -0.15) is 0 Å². The zero-order chi connectivity index (χ0) is 14.0. The van der Waals surface area contributed by atoms with Crippen molar-refractivity contribution in [3.8, 4) is 0 Å². The van der Waals surface area contributed by atoms with E-state index in [2.05, 4.69) is 0 Å². The highest BCUT2D eigenvalue weighted by molar-refractivity contribution is 7.91. The van der Waals surface area contributed by atoms with E-state index in [1.165, 1.54) is 0 Å². The van der Waals surface area contributed by atoms with Crippen LogP contribution in [-0.4, -0.2) is 33.2 Å². The Kier molecular flexibility index (Phi) is 3.80. The summed E-state index contributed by atoms with van der Waals surface area (Å²) in [7, 11) is -3.26. The predicted octanol–water partition coefficient (Wildman–Crippen LogP) is 0.792. The molecule has 1 saturated heterocycles. The maximum absolute atomic E-state index is 12.1. The van der Waals surface area contributed by atoms with Gasteiger partial charge in [-0.25, -0.2) is 8.42 Å². The van der Waals surface area contributed by atoms with E-state index >= 15 is 0 Å². The molecule has 1 heterocycles. The molecule has 1 amide bonds. The number of hydrogen-bond acceptors (Lipinski definition) is 4. The summed E-state index contributed by atoms with van der Waals surface area (Å²) in [4.78, 5) is 13.5. The average molecular weight is 282 g/mol. The summed E-state index contributed by atoms with van der Waals surface area (Å²) < 4.78 is 24.2. The van der Waals surface area contributed by atoms with Gasteiger partial charge in [0, 0.05) is 13.1 Å². The Morgan fingerprint density at radius 1 is 1.42 bits per heavy atom. The van der Waals surface area contributed by atoms with Crippen LogP contribution in [-0.2, 0) is 14.6 Å². The average Bonchev–Trinajstić information content (AvgIpc) is 2.88. The lowest BCUT2D eigenvalue weighted by molar-refractivity contribution is -0.121. The van der Waals surface area contributed by atoms with Gasteiger partial charge in [0.15, 0.2) is 9.84 Å². The molecule has 1 atom stereocenters. The van der Waals surface area contributed by atoms with Gasteiger partial charge in [0.1, 0.15) is 0 Å². The normalized spacial score (nSPS) is 19.6. The number of rotatable bonds is 4.